The maximum atomic E-state index is 13.1. The Morgan fingerprint density at radius 1 is 1.30 bits per heavy atom. The number of furan rings is 1. The second kappa shape index (κ2) is 6.09. The van der Waals surface area contributed by atoms with Crippen LogP contribution in [0.25, 0.3) is 11.1 Å². The average molecular weight is 402 g/mol. The van der Waals surface area contributed by atoms with E-state index in [0.29, 0.717) is 16.7 Å². The molecule has 5 rings (SSSR count). The van der Waals surface area contributed by atoms with Crippen molar-refractivity contribution >= 4 is 28.9 Å². The predicted octanol–water partition coefficient (Wildman–Crippen LogP) is 1.21. The van der Waals surface area contributed by atoms with Gasteiger partial charge in [0.05, 0.1) is 17.7 Å². The number of urea groups is 1. The number of phenolic OH excluding ortho intramolecular Hbond substituents is 1. The van der Waals surface area contributed by atoms with E-state index in [1.807, 2.05) is 0 Å². The number of phenols is 1. The molecule has 0 aliphatic carbocycles. The number of aromatic hydroxyl groups is 1. The van der Waals surface area contributed by atoms with Crippen LogP contribution < -0.4 is 10.6 Å². The number of carbonyl (C=O) groups is 3. The van der Waals surface area contributed by atoms with Crippen molar-refractivity contribution in [3.8, 4) is 18.1 Å². The van der Waals surface area contributed by atoms with Crippen LogP contribution in [0, 0.1) is 12.3 Å². The van der Waals surface area contributed by atoms with Gasteiger partial charge in [0.15, 0.2) is 11.1 Å². The summed E-state index contributed by atoms with van der Waals surface area (Å²) in [6, 6.07) is 7.27. The largest absolute Gasteiger partial charge is 0.507 e. The summed E-state index contributed by atoms with van der Waals surface area (Å²) in [5, 5.41) is 14.8. The lowest BCUT2D eigenvalue weighted by atomic mass is 9.95. The number of benzene rings is 1. The lowest BCUT2D eigenvalue weighted by molar-refractivity contribution is -0.125. The number of carbonyl (C=O) groups excluding carboxylic acids is 3. The summed E-state index contributed by atoms with van der Waals surface area (Å²) < 4.78 is 5.81. The monoisotopic (exact) mass is 402 g/mol. The zero-order valence-electron chi connectivity index (χ0n) is 15.4. The lowest BCUT2D eigenvalue weighted by Gasteiger charge is -2.29. The summed E-state index contributed by atoms with van der Waals surface area (Å²) in [4.78, 5) is 43.5. The van der Waals surface area contributed by atoms with Crippen LogP contribution in [0.1, 0.15) is 27.2 Å². The van der Waals surface area contributed by atoms with E-state index in [1.165, 1.54) is 11.0 Å². The molecule has 3 N–H and O–H groups in total. The van der Waals surface area contributed by atoms with Gasteiger partial charge in [-0.05, 0) is 23.8 Å². The topological polar surface area (TPSA) is 125 Å². The van der Waals surface area contributed by atoms with Gasteiger partial charge in [-0.25, -0.2) is 4.79 Å². The van der Waals surface area contributed by atoms with Crippen molar-refractivity contribution in [2.75, 3.05) is 6.54 Å². The van der Waals surface area contributed by atoms with Crippen LogP contribution in [-0.4, -0.2) is 39.4 Å². The molecular weight excluding hydrogens is 388 g/mol. The van der Waals surface area contributed by atoms with Crippen LogP contribution in [0.15, 0.2) is 40.9 Å². The van der Waals surface area contributed by atoms with E-state index in [9.17, 15) is 19.5 Å². The summed E-state index contributed by atoms with van der Waals surface area (Å²) in [6.45, 7) is -0.0326. The molecule has 9 nitrogen and oxygen atoms in total. The number of fused-ring (bicyclic) bond motifs is 2. The van der Waals surface area contributed by atoms with Crippen LogP contribution in [0.2, 0.25) is 0 Å². The van der Waals surface area contributed by atoms with E-state index in [1.54, 1.807) is 30.5 Å². The maximum Gasteiger partial charge on any atom is 0.322 e. The Kier molecular flexibility index (Phi) is 3.60. The highest BCUT2D eigenvalue weighted by Crippen LogP contribution is 2.36. The smallest absolute Gasteiger partial charge is 0.322 e. The van der Waals surface area contributed by atoms with Crippen molar-refractivity contribution in [3.05, 3.63) is 59.0 Å². The number of hydrogen-bond donors (Lipinski definition) is 3. The van der Waals surface area contributed by atoms with Gasteiger partial charge in [-0.3, -0.25) is 19.9 Å². The fraction of sp³-hybridized carbons (Fsp3) is 0.143. The molecule has 1 fully saturated rings. The minimum absolute atomic E-state index is 0.0990. The van der Waals surface area contributed by atoms with Gasteiger partial charge >= 0.3 is 6.03 Å². The Morgan fingerprint density at radius 3 is 2.83 bits per heavy atom. The molecule has 0 saturated carbocycles. The molecule has 0 bridgehead atoms. The predicted molar refractivity (Wildman–Crippen MR) is 103 cm³/mol. The number of nitrogens with zero attached hydrogens (tertiary/aromatic N) is 2. The molecule has 9 heteroatoms. The first-order valence-corrected chi connectivity index (χ1v) is 9.02. The summed E-state index contributed by atoms with van der Waals surface area (Å²) in [5.41, 5.74) is 0.253. The SMILES string of the molecule is C#Cc1c(O)ccc2c1C(=O)N(CC1(c3cc4ncccc4o3)NC(=O)NC1=O)C2. The molecule has 2 aliphatic heterocycles. The molecule has 0 spiro atoms. The van der Waals surface area contributed by atoms with Crippen LogP contribution >= 0.6 is 0 Å². The van der Waals surface area contributed by atoms with Crippen LogP contribution in [0.5, 0.6) is 5.75 Å². The van der Waals surface area contributed by atoms with Gasteiger partial charge in [0, 0.05) is 18.8 Å². The van der Waals surface area contributed by atoms with E-state index >= 15 is 0 Å². The van der Waals surface area contributed by atoms with E-state index in [4.69, 9.17) is 10.8 Å². The van der Waals surface area contributed by atoms with E-state index in [-0.39, 0.29) is 35.7 Å². The lowest BCUT2D eigenvalue weighted by Crippen LogP contribution is -2.52. The number of aromatic nitrogens is 1. The molecule has 30 heavy (non-hydrogen) atoms. The minimum atomic E-state index is -1.63. The first-order chi connectivity index (χ1) is 14.4. The molecule has 2 aliphatic rings. The van der Waals surface area contributed by atoms with Gasteiger partial charge in [-0.15, -0.1) is 6.42 Å². The number of rotatable bonds is 3. The maximum absolute atomic E-state index is 13.1. The van der Waals surface area contributed by atoms with E-state index in [2.05, 4.69) is 21.5 Å². The number of nitrogens with one attached hydrogen (secondary N) is 2. The summed E-state index contributed by atoms with van der Waals surface area (Å²) >= 11 is 0. The van der Waals surface area contributed by atoms with Crippen molar-refractivity contribution < 1.29 is 23.9 Å². The Morgan fingerprint density at radius 2 is 2.13 bits per heavy atom. The fourth-order valence-corrected chi connectivity index (χ4v) is 3.94. The third kappa shape index (κ3) is 2.37. The number of terminal acetylenes is 1. The zero-order valence-corrected chi connectivity index (χ0v) is 15.4. The molecule has 1 saturated heterocycles. The molecule has 148 valence electrons. The Hall–Kier alpha value is -4.32. The van der Waals surface area contributed by atoms with Gasteiger partial charge < -0.3 is 19.7 Å². The van der Waals surface area contributed by atoms with E-state index < -0.39 is 23.4 Å². The molecule has 1 aromatic carbocycles. The molecule has 1 unspecified atom stereocenters. The van der Waals surface area contributed by atoms with Gasteiger partial charge in [0.25, 0.3) is 11.8 Å². The second-order valence-corrected chi connectivity index (χ2v) is 7.11. The first-order valence-electron chi connectivity index (χ1n) is 9.02. The zero-order chi connectivity index (χ0) is 21.0. The van der Waals surface area contributed by atoms with Gasteiger partial charge in [-0.1, -0.05) is 12.0 Å². The van der Waals surface area contributed by atoms with Crippen molar-refractivity contribution in [2.45, 2.75) is 12.1 Å². The van der Waals surface area contributed by atoms with Gasteiger partial charge in [-0.2, -0.15) is 0 Å². The Labute approximate surface area is 169 Å². The van der Waals surface area contributed by atoms with Gasteiger partial charge in [0.2, 0.25) is 0 Å². The molecule has 4 heterocycles. The highest BCUT2D eigenvalue weighted by molar-refractivity contribution is 6.08. The third-order valence-corrected chi connectivity index (χ3v) is 5.35. The van der Waals surface area contributed by atoms with Crippen molar-refractivity contribution in [3.63, 3.8) is 0 Å². The molecule has 3 aromatic rings. The Bertz CT molecular complexity index is 1270. The Balaban J connectivity index is 1.58. The van der Waals surface area contributed by atoms with Crippen LogP contribution in [0.4, 0.5) is 4.79 Å². The summed E-state index contributed by atoms with van der Waals surface area (Å²) in [7, 11) is 0. The van der Waals surface area contributed by atoms with Crippen molar-refractivity contribution in [2.24, 2.45) is 0 Å². The van der Waals surface area contributed by atoms with Crippen LogP contribution in [0.3, 0.4) is 0 Å². The van der Waals surface area contributed by atoms with Gasteiger partial charge in [0.1, 0.15) is 17.0 Å². The number of amides is 4. The molecule has 0 radical (unpaired) electrons. The fourth-order valence-electron chi connectivity index (χ4n) is 3.94. The number of pyridine rings is 1. The number of hydrogen-bond acceptors (Lipinski definition) is 6. The van der Waals surface area contributed by atoms with Crippen molar-refractivity contribution in [1.82, 2.24) is 20.5 Å². The summed E-state index contributed by atoms with van der Waals surface area (Å²) in [6.07, 6.45) is 7.05. The van der Waals surface area contributed by atoms with Crippen LogP contribution in [-0.2, 0) is 16.9 Å². The number of imide groups is 1. The molecule has 1 atom stereocenters. The highest BCUT2D eigenvalue weighted by Gasteiger charge is 2.53. The van der Waals surface area contributed by atoms with E-state index in [0.717, 1.165) is 0 Å². The van der Waals surface area contributed by atoms with Crippen molar-refractivity contribution in [1.29, 1.82) is 0 Å². The molecule has 2 aromatic heterocycles. The first kappa shape index (κ1) is 17.8. The summed E-state index contributed by atoms with van der Waals surface area (Å²) in [5.74, 6) is 1.24. The third-order valence-electron chi connectivity index (χ3n) is 5.35. The standard InChI is InChI=1S/C21H14N4O5/c1-2-12-14(26)6-5-11-9-25(18(27)17(11)12)10-21(19(28)23-20(29)24-21)16-8-13-15(30-16)4-3-7-22-13/h1,3-8,26H,9-10H2,(H2,23,24,28,29). The normalized spacial score (nSPS) is 20.2. The minimum Gasteiger partial charge on any atom is -0.507 e. The average Bonchev–Trinajstić information content (AvgIpc) is 3.37. The molecular formula is C21H14N4O5. The highest BCUT2D eigenvalue weighted by atomic mass is 16.3. The second-order valence-electron chi connectivity index (χ2n) is 7.11. The quantitative estimate of drug-likeness (QED) is 0.447. The molecule has 4 amide bonds.